The molecule has 26 heavy (non-hydrogen) atoms. The SMILES string of the molecule is CN(C)/C=C/C(=O)c1nn(-c2ccccc2)cc1C(=O)c1ccccc1. The highest BCUT2D eigenvalue weighted by molar-refractivity contribution is 6.17. The average molecular weight is 345 g/mol. The van der Waals surface area contributed by atoms with Crippen LogP contribution in [0.1, 0.15) is 26.4 Å². The van der Waals surface area contributed by atoms with E-state index in [9.17, 15) is 9.59 Å². The Bertz CT molecular complexity index is 942. The molecular formula is C21H19N3O2. The summed E-state index contributed by atoms with van der Waals surface area (Å²) >= 11 is 0. The monoisotopic (exact) mass is 345 g/mol. The first-order chi connectivity index (χ1) is 12.6. The van der Waals surface area contributed by atoms with Gasteiger partial charge in [-0.15, -0.1) is 0 Å². The molecule has 1 heterocycles. The second-order valence-corrected chi connectivity index (χ2v) is 6.01. The summed E-state index contributed by atoms with van der Waals surface area (Å²) in [5.41, 5.74) is 1.73. The first kappa shape index (κ1) is 17.4. The van der Waals surface area contributed by atoms with Crippen molar-refractivity contribution in [2.75, 3.05) is 14.1 Å². The molecule has 0 aliphatic rings. The molecule has 3 aromatic rings. The number of nitrogens with zero attached hydrogens (tertiary/aromatic N) is 3. The fourth-order valence-electron chi connectivity index (χ4n) is 2.48. The van der Waals surface area contributed by atoms with Crippen molar-refractivity contribution in [3.05, 3.63) is 96.0 Å². The van der Waals surface area contributed by atoms with Gasteiger partial charge in [0, 0.05) is 38.1 Å². The van der Waals surface area contributed by atoms with Crippen LogP contribution in [0.25, 0.3) is 5.69 Å². The Kier molecular flexibility index (Phi) is 5.08. The quantitative estimate of drug-likeness (QED) is 0.508. The van der Waals surface area contributed by atoms with Crippen molar-refractivity contribution < 1.29 is 9.59 Å². The van der Waals surface area contributed by atoms with Crippen molar-refractivity contribution in [2.45, 2.75) is 0 Å². The van der Waals surface area contributed by atoms with Gasteiger partial charge in [0.2, 0.25) is 5.78 Å². The van der Waals surface area contributed by atoms with Crippen molar-refractivity contribution >= 4 is 11.6 Å². The van der Waals surface area contributed by atoms with Crippen LogP contribution in [0.4, 0.5) is 0 Å². The lowest BCUT2D eigenvalue weighted by atomic mass is 10.0. The number of hydrogen-bond donors (Lipinski definition) is 0. The van der Waals surface area contributed by atoms with Crippen LogP contribution < -0.4 is 0 Å². The minimum atomic E-state index is -0.312. The molecule has 0 atom stereocenters. The fraction of sp³-hybridized carbons (Fsp3) is 0.0952. The van der Waals surface area contributed by atoms with Gasteiger partial charge < -0.3 is 4.90 Å². The van der Waals surface area contributed by atoms with E-state index in [4.69, 9.17) is 0 Å². The third-order valence-corrected chi connectivity index (χ3v) is 3.77. The number of rotatable bonds is 6. The predicted molar refractivity (Wildman–Crippen MR) is 101 cm³/mol. The Hall–Kier alpha value is -3.47. The lowest BCUT2D eigenvalue weighted by Gasteiger charge is -2.03. The Morgan fingerprint density at radius 2 is 1.58 bits per heavy atom. The minimum absolute atomic E-state index is 0.140. The molecule has 5 nitrogen and oxygen atoms in total. The average Bonchev–Trinajstić information content (AvgIpc) is 3.12. The largest absolute Gasteiger partial charge is 0.383 e. The van der Waals surface area contributed by atoms with Gasteiger partial charge in [-0.25, -0.2) is 4.68 Å². The first-order valence-electron chi connectivity index (χ1n) is 8.20. The number of para-hydroxylation sites is 1. The number of aromatic nitrogens is 2. The van der Waals surface area contributed by atoms with Crippen LogP contribution in [0.5, 0.6) is 0 Å². The molecule has 0 saturated carbocycles. The standard InChI is InChI=1S/C21H19N3O2/c1-23(2)14-13-19(25)20-18(21(26)16-9-5-3-6-10-16)15-24(22-20)17-11-7-4-8-12-17/h3-15H,1-2H3/b14-13+. The summed E-state index contributed by atoms with van der Waals surface area (Å²) in [5.74, 6) is -0.540. The third kappa shape index (κ3) is 3.78. The summed E-state index contributed by atoms with van der Waals surface area (Å²) in [6.07, 6.45) is 4.67. The van der Waals surface area contributed by atoms with Gasteiger partial charge in [-0.05, 0) is 12.1 Å². The molecule has 130 valence electrons. The minimum Gasteiger partial charge on any atom is -0.383 e. The molecule has 5 heteroatoms. The summed E-state index contributed by atoms with van der Waals surface area (Å²) in [6, 6.07) is 18.3. The summed E-state index contributed by atoms with van der Waals surface area (Å²) in [4.78, 5) is 27.3. The van der Waals surface area contributed by atoms with Crippen LogP contribution >= 0.6 is 0 Å². The highest BCUT2D eigenvalue weighted by Crippen LogP contribution is 2.18. The molecule has 0 aliphatic heterocycles. The predicted octanol–water partition coefficient (Wildman–Crippen LogP) is 3.36. The molecule has 0 amide bonds. The number of benzene rings is 2. The van der Waals surface area contributed by atoms with Crippen molar-refractivity contribution in [3.63, 3.8) is 0 Å². The molecule has 0 spiro atoms. The summed E-state index contributed by atoms with van der Waals surface area (Å²) in [6.45, 7) is 0. The maximum absolute atomic E-state index is 12.9. The van der Waals surface area contributed by atoms with E-state index in [-0.39, 0.29) is 22.8 Å². The smallest absolute Gasteiger partial charge is 0.208 e. The topological polar surface area (TPSA) is 55.2 Å². The molecule has 0 radical (unpaired) electrons. The molecule has 0 fully saturated rings. The van der Waals surface area contributed by atoms with Gasteiger partial charge in [0.15, 0.2) is 5.78 Å². The van der Waals surface area contributed by atoms with E-state index in [1.165, 1.54) is 6.08 Å². The van der Waals surface area contributed by atoms with Crippen LogP contribution in [0.3, 0.4) is 0 Å². The number of ketones is 2. The third-order valence-electron chi connectivity index (χ3n) is 3.77. The molecule has 0 saturated heterocycles. The van der Waals surface area contributed by atoms with Gasteiger partial charge >= 0.3 is 0 Å². The Labute approximate surface area is 152 Å². The Morgan fingerprint density at radius 3 is 2.19 bits per heavy atom. The zero-order valence-corrected chi connectivity index (χ0v) is 14.7. The van der Waals surface area contributed by atoms with Gasteiger partial charge in [-0.3, -0.25) is 9.59 Å². The van der Waals surface area contributed by atoms with E-state index in [1.807, 2.05) is 50.5 Å². The van der Waals surface area contributed by atoms with Gasteiger partial charge in [0.05, 0.1) is 11.3 Å². The van der Waals surface area contributed by atoms with Crippen molar-refractivity contribution in [3.8, 4) is 5.69 Å². The maximum Gasteiger partial charge on any atom is 0.208 e. The van der Waals surface area contributed by atoms with Crippen LogP contribution in [-0.4, -0.2) is 40.3 Å². The number of hydrogen-bond acceptors (Lipinski definition) is 4. The Balaban J connectivity index is 2.07. The highest BCUT2D eigenvalue weighted by atomic mass is 16.1. The molecular weight excluding hydrogens is 326 g/mol. The number of allylic oxidation sites excluding steroid dienone is 1. The van der Waals surface area contributed by atoms with E-state index in [2.05, 4.69) is 5.10 Å². The van der Waals surface area contributed by atoms with Gasteiger partial charge in [-0.1, -0.05) is 48.5 Å². The molecule has 2 aromatic carbocycles. The molecule has 0 N–H and O–H groups in total. The number of carbonyl (C=O) groups is 2. The first-order valence-corrected chi connectivity index (χ1v) is 8.20. The van der Waals surface area contributed by atoms with Crippen molar-refractivity contribution in [2.24, 2.45) is 0 Å². The second-order valence-electron chi connectivity index (χ2n) is 6.01. The normalized spacial score (nSPS) is 10.8. The van der Waals surface area contributed by atoms with Crippen molar-refractivity contribution in [1.82, 2.24) is 14.7 Å². The van der Waals surface area contributed by atoms with Crippen LogP contribution in [0.15, 0.2) is 79.1 Å². The van der Waals surface area contributed by atoms with Gasteiger partial charge in [0.1, 0.15) is 5.69 Å². The lowest BCUT2D eigenvalue weighted by Crippen LogP contribution is -2.09. The zero-order chi connectivity index (χ0) is 18.5. The van der Waals surface area contributed by atoms with Crippen LogP contribution in [-0.2, 0) is 0 Å². The molecule has 0 aliphatic carbocycles. The maximum atomic E-state index is 12.9. The van der Waals surface area contributed by atoms with Crippen LogP contribution in [0, 0.1) is 0 Å². The molecule has 0 unspecified atom stereocenters. The van der Waals surface area contributed by atoms with E-state index in [1.54, 1.807) is 46.2 Å². The summed E-state index contributed by atoms with van der Waals surface area (Å²) < 4.78 is 1.56. The van der Waals surface area contributed by atoms with Crippen molar-refractivity contribution in [1.29, 1.82) is 0 Å². The van der Waals surface area contributed by atoms with Crippen LogP contribution in [0.2, 0.25) is 0 Å². The van der Waals surface area contributed by atoms with E-state index >= 15 is 0 Å². The van der Waals surface area contributed by atoms with E-state index in [0.717, 1.165) is 5.69 Å². The Morgan fingerprint density at radius 1 is 0.962 bits per heavy atom. The van der Waals surface area contributed by atoms with E-state index < -0.39 is 0 Å². The molecule has 3 rings (SSSR count). The number of carbonyl (C=O) groups excluding carboxylic acids is 2. The van der Waals surface area contributed by atoms with E-state index in [0.29, 0.717) is 5.56 Å². The van der Waals surface area contributed by atoms with Gasteiger partial charge in [0.25, 0.3) is 0 Å². The summed E-state index contributed by atoms with van der Waals surface area (Å²) in [5, 5.41) is 4.38. The summed E-state index contributed by atoms with van der Waals surface area (Å²) in [7, 11) is 3.64. The van der Waals surface area contributed by atoms with Gasteiger partial charge in [-0.2, -0.15) is 5.10 Å². The zero-order valence-electron chi connectivity index (χ0n) is 14.7. The molecule has 1 aromatic heterocycles. The highest BCUT2D eigenvalue weighted by Gasteiger charge is 2.22. The molecule has 0 bridgehead atoms. The lowest BCUT2D eigenvalue weighted by molar-refractivity contribution is 0.100. The second kappa shape index (κ2) is 7.61. The fourth-order valence-corrected chi connectivity index (χ4v) is 2.48.